The van der Waals surface area contributed by atoms with Crippen LogP contribution in [-0.2, 0) is 21.2 Å². The maximum absolute atomic E-state index is 12.2. The van der Waals surface area contributed by atoms with E-state index in [0.717, 1.165) is 24.0 Å². The Morgan fingerprint density at radius 1 is 1.00 bits per heavy atom. The molecule has 0 aliphatic rings. The fraction of sp³-hybridized carbons (Fsp3) is 0.409. The van der Waals surface area contributed by atoms with Gasteiger partial charge in [0.05, 0.1) is 11.9 Å². The molecule has 0 bridgehead atoms. The highest BCUT2D eigenvalue weighted by Crippen LogP contribution is 2.25. The van der Waals surface area contributed by atoms with E-state index in [9.17, 15) is 13.2 Å². The smallest absolute Gasteiger partial charge is 0.232 e. The molecule has 0 saturated carbocycles. The number of sulfonamides is 1. The van der Waals surface area contributed by atoms with Gasteiger partial charge in [0.1, 0.15) is 0 Å². The number of hydrogen-bond acceptors (Lipinski definition) is 3. The van der Waals surface area contributed by atoms with Gasteiger partial charge in [-0.05, 0) is 55.9 Å². The normalized spacial score (nSPS) is 11.2. The quantitative estimate of drug-likeness (QED) is 0.618. The molecule has 2 aromatic rings. The lowest BCUT2D eigenvalue weighted by atomic mass is 10.1. The molecule has 5 nitrogen and oxygen atoms in total. The van der Waals surface area contributed by atoms with Gasteiger partial charge in [0, 0.05) is 19.5 Å². The Bertz CT molecular complexity index is 880. The third kappa shape index (κ3) is 6.68. The summed E-state index contributed by atoms with van der Waals surface area (Å²) in [4.78, 5) is 12.1. The zero-order chi connectivity index (χ0) is 20.6. The first kappa shape index (κ1) is 22.0. The molecule has 28 heavy (non-hydrogen) atoms. The minimum absolute atomic E-state index is 0.0394. The van der Waals surface area contributed by atoms with Crippen LogP contribution >= 0.6 is 0 Å². The van der Waals surface area contributed by atoms with E-state index in [1.165, 1.54) is 16.1 Å². The second-order valence-electron chi connectivity index (χ2n) is 7.10. The summed E-state index contributed by atoms with van der Waals surface area (Å²) < 4.78 is 25.9. The van der Waals surface area contributed by atoms with Crippen molar-refractivity contribution in [1.82, 2.24) is 5.32 Å². The van der Waals surface area contributed by atoms with Crippen LogP contribution in [0, 0.1) is 13.8 Å². The maximum Gasteiger partial charge on any atom is 0.232 e. The third-order valence-electron chi connectivity index (χ3n) is 4.82. The highest BCUT2D eigenvalue weighted by Gasteiger charge is 2.19. The number of hydrogen-bond donors (Lipinski definition) is 1. The van der Waals surface area contributed by atoms with E-state index in [-0.39, 0.29) is 5.91 Å². The van der Waals surface area contributed by atoms with Crippen molar-refractivity contribution in [2.75, 3.05) is 23.7 Å². The maximum atomic E-state index is 12.2. The molecule has 0 aliphatic heterocycles. The Morgan fingerprint density at radius 3 is 2.39 bits per heavy atom. The lowest BCUT2D eigenvalue weighted by Gasteiger charge is -2.24. The largest absolute Gasteiger partial charge is 0.356 e. The van der Waals surface area contributed by atoms with Gasteiger partial charge >= 0.3 is 0 Å². The second-order valence-corrected chi connectivity index (χ2v) is 9.00. The van der Waals surface area contributed by atoms with Crippen LogP contribution in [0.2, 0.25) is 0 Å². The van der Waals surface area contributed by atoms with Crippen molar-refractivity contribution in [1.29, 1.82) is 0 Å². The lowest BCUT2D eigenvalue weighted by molar-refractivity contribution is -0.121. The molecule has 0 aliphatic carbocycles. The standard InChI is InChI=1S/C22H30N2O3S/c1-18-10-7-14-21(19(18)2)24(28(3,26)27)17-9-15-22(25)23-16-8-13-20-11-5-4-6-12-20/h4-7,10-12,14H,8-9,13,15-17H2,1-3H3,(H,23,25). The summed E-state index contributed by atoms with van der Waals surface area (Å²) in [6.45, 7) is 4.80. The number of benzene rings is 2. The number of carbonyl (C=O) groups excluding carboxylic acids is 1. The number of nitrogens with one attached hydrogen (secondary N) is 1. The molecule has 6 heteroatoms. The Kier molecular flexibility index (Phi) is 8.05. The fourth-order valence-corrected chi connectivity index (χ4v) is 4.12. The van der Waals surface area contributed by atoms with E-state index in [2.05, 4.69) is 17.4 Å². The zero-order valence-corrected chi connectivity index (χ0v) is 17.8. The number of carbonyl (C=O) groups is 1. The van der Waals surface area contributed by atoms with Gasteiger partial charge in [0.25, 0.3) is 0 Å². The average Bonchev–Trinajstić information content (AvgIpc) is 2.65. The Balaban J connectivity index is 1.80. The van der Waals surface area contributed by atoms with Gasteiger partial charge in [-0.3, -0.25) is 9.10 Å². The molecule has 0 radical (unpaired) electrons. The molecule has 0 atom stereocenters. The molecule has 0 saturated heterocycles. The van der Waals surface area contributed by atoms with E-state index in [1.54, 1.807) is 0 Å². The summed E-state index contributed by atoms with van der Waals surface area (Å²) in [5, 5.41) is 2.92. The number of anilines is 1. The van der Waals surface area contributed by atoms with Gasteiger partial charge in [-0.25, -0.2) is 8.42 Å². The number of aryl methyl sites for hydroxylation is 2. The summed E-state index contributed by atoms with van der Waals surface area (Å²) >= 11 is 0. The summed E-state index contributed by atoms with van der Waals surface area (Å²) in [5.74, 6) is -0.0394. The van der Waals surface area contributed by atoms with Crippen LogP contribution in [0.25, 0.3) is 0 Å². The minimum atomic E-state index is -3.41. The van der Waals surface area contributed by atoms with Crippen LogP contribution in [0.3, 0.4) is 0 Å². The van der Waals surface area contributed by atoms with Crippen molar-refractivity contribution in [3.63, 3.8) is 0 Å². The predicted molar refractivity (Wildman–Crippen MR) is 115 cm³/mol. The lowest BCUT2D eigenvalue weighted by Crippen LogP contribution is -2.33. The van der Waals surface area contributed by atoms with Gasteiger partial charge in [0.2, 0.25) is 15.9 Å². The van der Waals surface area contributed by atoms with Crippen molar-refractivity contribution in [3.8, 4) is 0 Å². The third-order valence-corrected chi connectivity index (χ3v) is 6.00. The fourth-order valence-electron chi connectivity index (χ4n) is 3.11. The van der Waals surface area contributed by atoms with Crippen LogP contribution in [0.4, 0.5) is 5.69 Å². The molecule has 0 aromatic heterocycles. The molecule has 0 heterocycles. The van der Waals surface area contributed by atoms with Gasteiger partial charge in [-0.1, -0.05) is 42.5 Å². The van der Waals surface area contributed by atoms with E-state index in [4.69, 9.17) is 0 Å². The molecule has 2 aromatic carbocycles. The Morgan fingerprint density at radius 2 is 1.71 bits per heavy atom. The number of nitrogens with zero attached hydrogens (tertiary/aromatic N) is 1. The van der Waals surface area contributed by atoms with Crippen LogP contribution in [0.5, 0.6) is 0 Å². The molecule has 0 fully saturated rings. The first-order chi connectivity index (χ1) is 13.3. The van der Waals surface area contributed by atoms with Crippen LogP contribution in [0.1, 0.15) is 36.0 Å². The second kappa shape index (κ2) is 10.3. The summed E-state index contributed by atoms with van der Waals surface area (Å²) in [7, 11) is -3.41. The predicted octanol–water partition coefficient (Wildman–Crippen LogP) is 3.60. The van der Waals surface area contributed by atoms with Crippen LogP contribution < -0.4 is 9.62 Å². The van der Waals surface area contributed by atoms with E-state index < -0.39 is 10.0 Å². The molecule has 0 spiro atoms. The minimum Gasteiger partial charge on any atom is -0.356 e. The molecule has 1 amide bonds. The summed E-state index contributed by atoms with van der Waals surface area (Å²) in [6.07, 6.45) is 3.80. The van der Waals surface area contributed by atoms with E-state index >= 15 is 0 Å². The van der Waals surface area contributed by atoms with Crippen LogP contribution in [0.15, 0.2) is 48.5 Å². The molecular weight excluding hydrogens is 372 g/mol. The zero-order valence-electron chi connectivity index (χ0n) is 16.9. The van der Waals surface area contributed by atoms with Gasteiger partial charge in [-0.2, -0.15) is 0 Å². The first-order valence-corrected chi connectivity index (χ1v) is 11.5. The van der Waals surface area contributed by atoms with Crippen molar-refractivity contribution < 1.29 is 13.2 Å². The topological polar surface area (TPSA) is 66.5 Å². The summed E-state index contributed by atoms with van der Waals surface area (Å²) in [5.41, 5.74) is 3.93. The van der Waals surface area contributed by atoms with E-state index in [0.29, 0.717) is 31.6 Å². The van der Waals surface area contributed by atoms with Crippen molar-refractivity contribution in [3.05, 3.63) is 65.2 Å². The van der Waals surface area contributed by atoms with Crippen molar-refractivity contribution in [2.24, 2.45) is 0 Å². The highest BCUT2D eigenvalue weighted by atomic mass is 32.2. The summed E-state index contributed by atoms with van der Waals surface area (Å²) in [6, 6.07) is 15.8. The Labute approximate surface area is 168 Å². The molecule has 0 unspecified atom stereocenters. The van der Waals surface area contributed by atoms with Crippen molar-refractivity contribution in [2.45, 2.75) is 39.5 Å². The highest BCUT2D eigenvalue weighted by molar-refractivity contribution is 7.92. The Hall–Kier alpha value is -2.34. The van der Waals surface area contributed by atoms with Gasteiger partial charge in [0.15, 0.2) is 0 Å². The first-order valence-electron chi connectivity index (χ1n) is 9.63. The SMILES string of the molecule is Cc1cccc(N(CCCC(=O)NCCCc2ccccc2)S(C)(=O)=O)c1C. The molecule has 1 N–H and O–H groups in total. The van der Waals surface area contributed by atoms with Crippen molar-refractivity contribution >= 4 is 21.6 Å². The molecule has 152 valence electrons. The average molecular weight is 403 g/mol. The van der Waals surface area contributed by atoms with Gasteiger partial charge < -0.3 is 5.32 Å². The van der Waals surface area contributed by atoms with Crippen LogP contribution in [-0.4, -0.2) is 33.7 Å². The number of amides is 1. The monoisotopic (exact) mass is 402 g/mol. The number of rotatable bonds is 10. The molecular formula is C22H30N2O3S. The van der Waals surface area contributed by atoms with E-state index in [1.807, 2.05) is 50.2 Å². The van der Waals surface area contributed by atoms with Gasteiger partial charge in [-0.15, -0.1) is 0 Å². The molecule has 2 rings (SSSR count).